The lowest BCUT2D eigenvalue weighted by atomic mass is 10.0. The number of carbonyl (C=O) groups is 2. The van der Waals surface area contributed by atoms with Gasteiger partial charge in [-0.25, -0.2) is 0 Å². The van der Waals surface area contributed by atoms with Gasteiger partial charge < -0.3 is 15.5 Å². The molecule has 3 rings (SSSR count). The minimum atomic E-state index is -0.595. The SMILES string of the molecule is O=Cc1c(C(=O)NCc2cccc(Cc3ccccc3)c2)ccc(O)c1O. The summed E-state index contributed by atoms with van der Waals surface area (Å²) in [5, 5.41) is 21.9. The number of aromatic hydroxyl groups is 2. The summed E-state index contributed by atoms with van der Waals surface area (Å²) in [7, 11) is 0. The first-order valence-electron chi connectivity index (χ1n) is 8.48. The van der Waals surface area contributed by atoms with E-state index in [1.54, 1.807) is 0 Å². The van der Waals surface area contributed by atoms with Gasteiger partial charge in [-0.1, -0.05) is 54.6 Å². The molecule has 3 N–H and O–H groups in total. The topological polar surface area (TPSA) is 86.6 Å². The lowest BCUT2D eigenvalue weighted by Crippen LogP contribution is -2.24. The van der Waals surface area contributed by atoms with E-state index in [1.165, 1.54) is 17.7 Å². The third-order valence-electron chi connectivity index (χ3n) is 4.25. The predicted octanol–water partition coefficient (Wildman–Crippen LogP) is 3.43. The lowest BCUT2D eigenvalue weighted by molar-refractivity contribution is 0.0944. The maximum Gasteiger partial charge on any atom is 0.252 e. The van der Waals surface area contributed by atoms with E-state index < -0.39 is 17.4 Å². The summed E-state index contributed by atoms with van der Waals surface area (Å²) in [6, 6.07) is 20.5. The minimum absolute atomic E-state index is 0.0146. The number of benzene rings is 3. The first-order chi connectivity index (χ1) is 13.1. The zero-order valence-electron chi connectivity index (χ0n) is 14.6. The van der Waals surface area contributed by atoms with Crippen LogP contribution in [0.3, 0.4) is 0 Å². The number of nitrogens with one attached hydrogen (secondary N) is 1. The van der Waals surface area contributed by atoms with Gasteiger partial charge in [-0.15, -0.1) is 0 Å². The summed E-state index contributed by atoms with van der Waals surface area (Å²) in [4.78, 5) is 23.5. The van der Waals surface area contributed by atoms with Gasteiger partial charge in [0.25, 0.3) is 5.91 Å². The number of phenolic OH excluding ortho intramolecular Hbond substituents is 2. The van der Waals surface area contributed by atoms with Crippen molar-refractivity contribution in [3.05, 3.63) is 94.5 Å². The van der Waals surface area contributed by atoms with E-state index in [-0.39, 0.29) is 17.7 Å². The number of phenols is 2. The number of rotatable bonds is 6. The molecule has 3 aromatic rings. The van der Waals surface area contributed by atoms with Crippen molar-refractivity contribution in [1.29, 1.82) is 0 Å². The van der Waals surface area contributed by atoms with Gasteiger partial charge in [0.1, 0.15) is 0 Å². The van der Waals surface area contributed by atoms with Crippen LogP contribution in [0.2, 0.25) is 0 Å². The fraction of sp³-hybridized carbons (Fsp3) is 0.0909. The van der Waals surface area contributed by atoms with Crippen molar-refractivity contribution in [2.24, 2.45) is 0 Å². The van der Waals surface area contributed by atoms with Crippen molar-refractivity contribution in [3.63, 3.8) is 0 Å². The summed E-state index contributed by atoms with van der Waals surface area (Å²) in [6.07, 6.45) is 1.15. The van der Waals surface area contributed by atoms with Crippen LogP contribution in [0.4, 0.5) is 0 Å². The molecular formula is C22H19NO4. The van der Waals surface area contributed by atoms with Gasteiger partial charge in [0.05, 0.1) is 11.1 Å². The highest BCUT2D eigenvalue weighted by Crippen LogP contribution is 2.30. The van der Waals surface area contributed by atoms with Gasteiger partial charge in [0.2, 0.25) is 0 Å². The second-order valence-corrected chi connectivity index (χ2v) is 6.18. The average Bonchev–Trinajstić information content (AvgIpc) is 2.69. The maximum atomic E-state index is 12.4. The number of aldehydes is 1. The summed E-state index contributed by atoms with van der Waals surface area (Å²) in [6.45, 7) is 0.279. The Kier molecular flexibility index (Phi) is 5.52. The number of hydrogen-bond donors (Lipinski definition) is 3. The van der Waals surface area contributed by atoms with Crippen LogP contribution in [0.25, 0.3) is 0 Å². The van der Waals surface area contributed by atoms with E-state index in [1.807, 2.05) is 42.5 Å². The smallest absolute Gasteiger partial charge is 0.252 e. The van der Waals surface area contributed by atoms with Crippen LogP contribution in [-0.2, 0) is 13.0 Å². The fourth-order valence-corrected chi connectivity index (χ4v) is 2.87. The van der Waals surface area contributed by atoms with Gasteiger partial charge in [-0.05, 0) is 35.2 Å². The summed E-state index contributed by atoms with van der Waals surface area (Å²) in [5.41, 5.74) is 3.04. The van der Waals surface area contributed by atoms with E-state index in [2.05, 4.69) is 17.4 Å². The molecule has 0 aliphatic rings. The Morgan fingerprint density at radius 3 is 2.33 bits per heavy atom. The molecule has 0 aromatic heterocycles. The Bertz CT molecular complexity index is 967. The van der Waals surface area contributed by atoms with Gasteiger partial charge in [0.15, 0.2) is 17.8 Å². The van der Waals surface area contributed by atoms with Gasteiger partial charge in [-0.3, -0.25) is 9.59 Å². The van der Waals surface area contributed by atoms with E-state index in [0.717, 1.165) is 17.5 Å². The molecule has 136 valence electrons. The zero-order valence-corrected chi connectivity index (χ0v) is 14.6. The van der Waals surface area contributed by atoms with Crippen LogP contribution in [0.15, 0.2) is 66.7 Å². The Hall–Kier alpha value is -3.60. The Morgan fingerprint density at radius 1 is 0.889 bits per heavy atom. The van der Waals surface area contributed by atoms with Crippen molar-refractivity contribution in [1.82, 2.24) is 5.32 Å². The lowest BCUT2D eigenvalue weighted by Gasteiger charge is -2.10. The van der Waals surface area contributed by atoms with E-state index in [9.17, 15) is 19.8 Å². The first-order valence-corrected chi connectivity index (χ1v) is 8.48. The predicted molar refractivity (Wildman–Crippen MR) is 102 cm³/mol. The Balaban J connectivity index is 1.70. The fourth-order valence-electron chi connectivity index (χ4n) is 2.87. The van der Waals surface area contributed by atoms with Crippen molar-refractivity contribution >= 4 is 12.2 Å². The number of hydrogen-bond acceptors (Lipinski definition) is 4. The van der Waals surface area contributed by atoms with Crippen LogP contribution >= 0.6 is 0 Å². The molecular weight excluding hydrogens is 342 g/mol. The second kappa shape index (κ2) is 8.19. The molecule has 0 spiro atoms. The largest absolute Gasteiger partial charge is 0.504 e. The summed E-state index contributed by atoms with van der Waals surface area (Å²) < 4.78 is 0. The molecule has 0 bridgehead atoms. The molecule has 1 amide bonds. The molecule has 0 heterocycles. The molecule has 0 saturated heterocycles. The molecule has 3 aromatic carbocycles. The van der Waals surface area contributed by atoms with Crippen LogP contribution in [-0.4, -0.2) is 22.4 Å². The Morgan fingerprint density at radius 2 is 1.59 bits per heavy atom. The third-order valence-corrected chi connectivity index (χ3v) is 4.25. The molecule has 0 fully saturated rings. The third kappa shape index (κ3) is 4.33. The van der Waals surface area contributed by atoms with Crippen molar-refractivity contribution < 1.29 is 19.8 Å². The van der Waals surface area contributed by atoms with Crippen molar-refractivity contribution in [2.75, 3.05) is 0 Å². The normalized spacial score (nSPS) is 10.4. The monoisotopic (exact) mass is 361 g/mol. The minimum Gasteiger partial charge on any atom is -0.504 e. The zero-order chi connectivity index (χ0) is 19.2. The van der Waals surface area contributed by atoms with E-state index >= 15 is 0 Å². The van der Waals surface area contributed by atoms with Gasteiger partial charge in [-0.2, -0.15) is 0 Å². The highest BCUT2D eigenvalue weighted by atomic mass is 16.3. The van der Waals surface area contributed by atoms with Crippen LogP contribution in [0.1, 0.15) is 37.4 Å². The van der Waals surface area contributed by atoms with Crippen LogP contribution < -0.4 is 5.32 Å². The summed E-state index contributed by atoms with van der Waals surface area (Å²) >= 11 is 0. The molecule has 0 atom stereocenters. The summed E-state index contributed by atoms with van der Waals surface area (Å²) in [5.74, 6) is -1.54. The highest BCUT2D eigenvalue weighted by molar-refractivity contribution is 6.03. The van der Waals surface area contributed by atoms with E-state index in [0.29, 0.717) is 6.29 Å². The van der Waals surface area contributed by atoms with Gasteiger partial charge in [0, 0.05) is 6.54 Å². The molecule has 0 radical (unpaired) electrons. The standard InChI is InChI=1S/C22H19NO4/c24-14-19-18(9-10-20(25)21(19)26)22(27)23-13-17-8-4-7-16(12-17)11-15-5-2-1-3-6-15/h1-10,12,14,25-26H,11,13H2,(H,23,27). The number of amides is 1. The first kappa shape index (κ1) is 18.2. The molecule has 27 heavy (non-hydrogen) atoms. The maximum absolute atomic E-state index is 12.4. The molecule has 0 unspecified atom stereocenters. The quantitative estimate of drug-likeness (QED) is 0.464. The molecule has 5 nitrogen and oxygen atoms in total. The van der Waals surface area contributed by atoms with Gasteiger partial charge >= 0.3 is 0 Å². The van der Waals surface area contributed by atoms with Crippen LogP contribution in [0.5, 0.6) is 11.5 Å². The van der Waals surface area contributed by atoms with Crippen molar-refractivity contribution in [2.45, 2.75) is 13.0 Å². The highest BCUT2D eigenvalue weighted by Gasteiger charge is 2.17. The van der Waals surface area contributed by atoms with Crippen molar-refractivity contribution in [3.8, 4) is 11.5 Å². The number of carbonyl (C=O) groups excluding carboxylic acids is 2. The molecule has 0 aliphatic heterocycles. The van der Waals surface area contributed by atoms with E-state index in [4.69, 9.17) is 0 Å². The molecule has 5 heteroatoms. The molecule has 0 saturated carbocycles. The Labute approximate surface area is 156 Å². The second-order valence-electron chi connectivity index (χ2n) is 6.18. The molecule has 0 aliphatic carbocycles. The average molecular weight is 361 g/mol. The van der Waals surface area contributed by atoms with Crippen LogP contribution in [0, 0.1) is 0 Å².